The van der Waals surface area contributed by atoms with Crippen LogP contribution in [0.3, 0.4) is 0 Å². The Bertz CT molecular complexity index is 938. The Morgan fingerprint density at radius 3 is 2.45 bits per heavy atom. The third kappa shape index (κ3) is 6.62. The first-order chi connectivity index (χ1) is 13.8. The van der Waals surface area contributed by atoms with E-state index in [9.17, 15) is 9.59 Å². The molecule has 0 aliphatic heterocycles. The van der Waals surface area contributed by atoms with Gasteiger partial charge in [-0.2, -0.15) is 5.10 Å². The van der Waals surface area contributed by atoms with Gasteiger partial charge in [0, 0.05) is 28.6 Å². The molecule has 10 heteroatoms. The third-order valence-corrected chi connectivity index (χ3v) is 5.14. The number of amides is 2. The van der Waals surface area contributed by atoms with Crippen LogP contribution in [0.1, 0.15) is 22.3 Å². The van der Waals surface area contributed by atoms with Gasteiger partial charge in [0.15, 0.2) is 11.5 Å². The maximum Gasteiger partial charge on any atom is 0.251 e. The lowest BCUT2D eigenvalue weighted by atomic mass is 10.2. The molecule has 0 saturated carbocycles. The zero-order valence-corrected chi connectivity index (χ0v) is 18.7. The van der Waals surface area contributed by atoms with Crippen molar-refractivity contribution in [3.8, 4) is 11.5 Å². The molecule has 0 atom stereocenters. The highest BCUT2D eigenvalue weighted by atomic mass is 79.9. The van der Waals surface area contributed by atoms with E-state index in [0.29, 0.717) is 27.6 Å². The van der Waals surface area contributed by atoms with Crippen molar-refractivity contribution in [2.24, 2.45) is 5.10 Å². The van der Waals surface area contributed by atoms with Crippen LogP contribution in [-0.2, 0) is 4.79 Å². The van der Waals surface area contributed by atoms with E-state index in [0.717, 1.165) is 4.47 Å². The summed E-state index contributed by atoms with van der Waals surface area (Å²) in [6, 6.07) is 8.00. The molecule has 2 aromatic rings. The smallest absolute Gasteiger partial charge is 0.251 e. The van der Waals surface area contributed by atoms with E-state index in [1.165, 1.54) is 25.5 Å². The summed E-state index contributed by atoms with van der Waals surface area (Å²) in [7, 11) is 3.07. The summed E-state index contributed by atoms with van der Waals surface area (Å²) < 4.78 is 11.2. The van der Waals surface area contributed by atoms with E-state index < -0.39 is 0 Å². The fourth-order valence-electron chi connectivity index (χ4n) is 2.23. The predicted octanol–water partition coefficient (Wildman–Crippen LogP) is 4.04. The average Bonchev–Trinajstić information content (AvgIpc) is 2.70. The Balaban J connectivity index is 1.84. The molecule has 2 rings (SSSR count). The Hall–Kier alpha value is -2.29. The van der Waals surface area contributed by atoms with Gasteiger partial charge < -0.3 is 14.8 Å². The zero-order valence-electron chi connectivity index (χ0n) is 15.6. The first-order valence-electron chi connectivity index (χ1n) is 8.32. The first-order valence-corrected chi connectivity index (χ1v) is 9.87. The van der Waals surface area contributed by atoms with Crippen LogP contribution in [-0.4, -0.2) is 38.8 Å². The van der Waals surface area contributed by atoms with Crippen LogP contribution in [0.2, 0.25) is 10.0 Å². The standard InChI is InChI=1S/C19H18BrCl2N3O4/c1-28-16-8-12(13(20)9-17(16)29-2)10-24-25-18(26)5-6-23-19(27)11-3-4-14(21)15(22)7-11/h3-4,7-10H,5-6H2,1-2H3,(H,23,27)(H,25,26). The van der Waals surface area contributed by atoms with Crippen LogP contribution in [0, 0.1) is 0 Å². The summed E-state index contributed by atoms with van der Waals surface area (Å²) in [5.41, 5.74) is 3.45. The Morgan fingerprint density at radius 1 is 1.10 bits per heavy atom. The summed E-state index contributed by atoms with van der Waals surface area (Å²) in [4.78, 5) is 23.9. The largest absolute Gasteiger partial charge is 0.493 e. The van der Waals surface area contributed by atoms with E-state index in [4.69, 9.17) is 32.7 Å². The normalized spacial score (nSPS) is 10.7. The molecule has 7 nitrogen and oxygen atoms in total. The van der Waals surface area contributed by atoms with Gasteiger partial charge in [-0.05, 0) is 46.3 Å². The van der Waals surface area contributed by atoms with Crippen LogP contribution < -0.4 is 20.2 Å². The van der Waals surface area contributed by atoms with Crippen LogP contribution in [0.25, 0.3) is 0 Å². The molecule has 0 radical (unpaired) electrons. The van der Waals surface area contributed by atoms with Gasteiger partial charge >= 0.3 is 0 Å². The van der Waals surface area contributed by atoms with Crippen molar-refractivity contribution in [1.82, 2.24) is 10.7 Å². The second-order valence-electron chi connectivity index (χ2n) is 5.66. The maximum atomic E-state index is 12.0. The van der Waals surface area contributed by atoms with Crippen molar-refractivity contribution < 1.29 is 19.1 Å². The van der Waals surface area contributed by atoms with E-state index in [2.05, 4.69) is 31.8 Å². The second-order valence-corrected chi connectivity index (χ2v) is 7.33. The summed E-state index contributed by atoms with van der Waals surface area (Å²) in [5.74, 6) is 0.396. The Kier molecular flexibility index (Phi) is 8.75. The molecule has 154 valence electrons. The van der Waals surface area contributed by atoms with Crippen molar-refractivity contribution in [1.29, 1.82) is 0 Å². The number of ether oxygens (including phenoxy) is 2. The number of halogens is 3. The number of hydrogen-bond donors (Lipinski definition) is 2. The summed E-state index contributed by atoms with van der Waals surface area (Å²) >= 11 is 15.1. The fraction of sp³-hybridized carbons (Fsp3) is 0.211. The van der Waals surface area contributed by atoms with E-state index in [1.54, 1.807) is 25.3 Å². The SMILES string of the molecule is COc1cc(Br)c(C=NNC(=O)CCNC(=O)c2ccc(Cl)c(Cl)c2)cc1OC. The minimum absolute atomic E-state index is 0.0531. The topological polar surface area (TPSA) is 89.0 Å². The van der Waals surface area contributed by atoms with E-state index in [-0.39, 0.29) is 29.8 Å². The molecule has 2 aromatic carbocycles. The first kappa shape index (κ1) is 23.0. The van der Waals surface area contributed by atoms with Gasteiger partial charge in [0.25, 0.3) is 5.91 Å². The number of carbonyl (C=O) groups excluding carboxylic acids is 2. The van der Waals surface area contributed by atoms with Crippen molar-refractivity contribution in [2.75, 3.05) is 20.8 Å². The van der Waals surface area contributed by atoms with Crippen molar-refractivity contribution >= 4 is 57.2 Å². The van der Waals surface area contributed by atoms with E-state index >= 15 is 0 Å². The zero-order chi connectivity index (χ0) is 21.4. The number of benzene rings is 2. The number of rotatable bonds is 8. The van der Waals surface area contributed by atoms with Gasteiger partial charge in [0.2, 0.25) is 5.91 Å². The minimum Gasteiger partial charge on any atom is -0.493 e. The molecule has 0 aliphatic carbocycles. The maximum absolute atomic E-state index is 12.0. The summed E-state index contributed by atoms with van der Waals surface area (Å²) in [6.07, 6.45) is 1.52. The lowest BCUT2D eigenvalue weighted by molar-refractivity contribution is -0.120. The van der Waals surface area contributed by atoms with Crippen LogP contribution >= 0.6 is 39.1 Å². The molecule has 0 saturated heterocycles. The second kappa shape index (κ2) is 11.0. The monoisotopic (exact) mass is 501 g/mol. The minimum atomic E-state index is -0.354. The number of hydrazone groups is 1. The molecule has 0 aliphatic rings. The number of carbonyl (C=O) groups is 2. The van der Waals surface area contributed by atoms with Crippen molar-refractivity contribution in [3.63, 3.8) is 0 Å². The van der Waals surface area contributed by atoms with Gasteiger partial charge in [-0.25, -0.2) is 5.43 Å². The molecule has 0 bridgehead atoms. The molecule has 2 N–H and O–H groups in total. The molecule has 0 fully saturated rings. The van der Waals surface area contributed by atoms with Gasteiger partial charge in [-0.3, -0.25) is 9.59 Å². The van der Waals surface area contributed by atoms with Gasteiger partial charge in [-0.1, -0.05) is 23.2 Å². The third-order valence-electron chi connectivity index (χ3n) is 3.72. The molecule has 29 heavy (non-hydrogen) atoms. The van der Waals surface area contributed by atoms with E-state index in [1.807, 2.05) is 0 Å². The molecule has 2 amide bonds. The fourth-order valence-corrected chi connectivity index (χ4v) is 2.95. The molecule has 0 spiro atoms. The lowest BCUT2D eigenvalue weighted by Crippen LogP contribution is -2.29. The van der Waals surface area contributed by atoms with Gasteiger partial charge in [-0.15, -0.1) is 0 Å². The highest BCUT2D eigenvalue weighted by Gasteiger charge is 2.10. The molecular weight excluding hydrogens is 485 g/mol. The Labute approximate surface area is 186 Å². The van der Waals surface area contributed by atoms with Crippen LogP contribution in [0.4, 0.5) is 0 Å². The van der Waals surface area contributed by atoms with Crippen molar-refractivity contribution in [3.05, 3.63) is 56.0 Å². The van der Waals surface area contributed by atoms with Gasteiger partial charge in [0.1, 0.15) is 0 Å². The van der Waals surface area contributed by atoms with Crippen molar-refractivity contribution in [2.45, 2.75) is 6.42 Å². The number of nitrogens with one attached hydrogen (secondary N) is 2. The Morgan fingerprint density at radius 2 is 1.79 bits per heavy atom. The number of methoxy groups -OCH3 is 2. The molecule has 0 aromatic heterocycles. The number of hydrogen-bond acceptors (Lipinski definition) is 5. The lowest BCUT2D eigenvalue weighted by Gasteiger charge is -2.09. The van der Waals surface area contributed by atoms with Crippen LogP contribution in [0.5, 0.6) is 11.5 Å². The predicted molar refractivity (Wildman–Crippen MR) is 116 cm³/mol. The van der Waals surface area contributed by atoms with Crippen LogP contribution in [0.15, 0.2) is 39.9 Å². The molecular formula is C19H18BrCl2N3O4. The number of nitrogens with zero attached hydrogens (tertiary/aromatic N) is 1. The highest BCUT2D eigenvalue weighted by Crippen LogP contribution is 2.32. The highest BCUT2D eigenvalue weighted by molar-refractivity contribution is 9.10. The summed E-state index contributed by atoms with van der Waals surface area (Å²) in [6.45, 7) is 0.139. The van der Waals surface area contributed by atoms with Gasteiger partial charge in [0.05, 0.1) is 30.5 Å². The molecule has 0 heterocycles. The quantitative estimate of drug-likeness (QED) is 0.421. The molecule has 0 unspecified atom stereocenters. The summed E-state index contributed by atoms with van der Waals surface area (Å²) in [5, 5.41) is 7.19. The average molecular weight is 503 g/mol.